The van der Waals surface area contributed by atoms with Crippen LogP contribution < -0.4 is 0 Å². The van der Waals surface area contributed by atoms with Gasteiger partial charge >= 0.3 is 5.97 Å². The Hall–Kier alpha value is -2.25. The lowest BCUT2D eigenvalue weighted by molar-refractivity contribution is -0.145. The van der Waals surface area contributed by atoms with Gasteiger partial charge in [0, 0.05) is 19.7 Å². The van der Waals surface area contributed by atoms with Crippen molar-refractivity contribution in [3.63, 3.8) is 0 Å². The van der Waals surface area contributed by atoms with Crippen molar-refractivity contribution in [3.05, 3.63) is 52.0 Å². The molecule has 3 heterocycles. The summed E-state index contributed by atoms with van der Waals surface area (Å²) >= 11 is 1.39. The fraction of sp³-hybridized carbons (Fsp3) is 0.450. The number of likely N-dealkylation sites (tertiary alicyclic amines) is 1. The highest BCUT2D eigenvalue weighted by atomic mass is 32.1. The second-order valence-electron chi connectivity index (χ2n) is 7.11. The van der Waals surface area contributed by atoms with E-state index in [0.29, 0.717) is 30.8 Å². The molecule has 142 valence electrons. The molecule has 1 amide bonds. The molecule has 4 rings (SSSR count). The van der Waals surface area contributed by atoms with E-state index < -0.39 is 11.4 Å². The van der Waals surface area contributed by atoms with Crippen LogP contribution in [-0.2, 0) is 14.9 Å². The minimum atomic E-state index is -0.922. The minimum absolute atomic E-state index is 0.00986. The molecule has 0 spiro atoms. The molecule has 2 aromatic rings. The molecule has 0 radical (unpaired) electrons. The van der Waals surface area contributed by atoms with Crippen molar-refractivity contribution in [1.29, 1.82) is 0 Å². The van der Waals surface area contributed by atoms with E-state index in [0.717, 1.165) is 30.0 Å². The van der Waals surface area contributed by atoms with Crippen LogP contribution in [0, 0.1) is 0 Å². The molecule has 1 N–H and O–H groups in total. The fourth-order valence-corrected chi connectivity index (χ4v) is 4.91. The van der Waals surface area contributed by atoms with Crippen LogP contribution in [0.3, 0.4) is 0 Å². The van der Waals surface area contributed by atoms with Gasteiger partial charge in [-0.1, -0.05) is 30.3 Å². The van der Waals surface area contributed by atoms with E-state index in [9.17, 15) is 14.7 Å². The highest BCUT2D eigenvalue weighted by Crippen LogP contribution is 2.37. The molecule has 6 nitrogen and oxygen atoms in total. The van der Waals surface area contributed by atoms with Crippen LogP contribution in [0.25, 0.3) is 0 Å². The van der Waals surface area contributed by atoms with Gasteiger partial charge in [-0.25, -0.2) is 4.98 Å². The number of hydrogen-bond donors (Lipinski definition) is 1. The van der Waals surface area contributed by atoms with Crippen LogP contribution in [0.2, 0.25) is 0 Å². The Morgan fingerprint density at radius 3 is 2.59 bits per heavy atom. The van der Waals surface area contributed by atoms with Crippen LogP contribution in [0.1, 0.15) is 52.0 Å². The molecule has 1 aromatic carbocycles. The van der Waals surface area contributed by atoms with Crippen molar-refractivity contribution in [1.82, 2.24) is 9.88 Å². The number of thiazole rings is 1. The van der Waals surface area contributed by atoms with Crippen molar-refractivity contribution in [3.8, 4) is 0 Å². The van der Waals surface area contributed by atoms with Gasteiger partial charge in [-0.3, -0.25) is 9.59 Å². The number of ether oxygens (including phenoxy) is 1. The van der Waals surface area contributed by atoms with Gasteiger partial charge in [0.15, 0.2) is 0 Å². The molecule has 1 unspecified atom stereocenters. The first kappa shape index (κ1) is 18.1. The lowest BCUT2D eigenvalue weighted by Crippen LogP contribution is -2.49. The van der Waals surface area contributed by atoms with Crippen LogP contribution in [0.5, 0.6) is 0 Å². The summed E-state index contributed by atoms with van der Waals surface area (Å²) in [6.07, 6.45) is 4.43. The third-order valence-electron chi connectivity index (χ3n) is 5.58. The molecule has 1 atom stereocenters. The first-order chi connectivity index (χ1) is 13.1. The number of aromatic nitrogens is 1. The number of rotatable bonds is 4. The number of nitrogens with zero attached hydrogens (tertiary/aromatic N) is 2. The molecule has 2 aliphatic rings. The number of hydrogen-bond acceptors (Lipinski definition) is 5. The van der Waals surface area contributed by atoms with Gasteiger partial charge in [-0.2, -0.15) is 0 Å². The molecule has 27 heavy (non-hydrogen) atoms. The Labute approximate surface area is 161 Å². The molecule has 2 saturated heterocycles. The Morgan fingerprint density at radius 2 is 1.96 bits per heavy atom. The van der Waals surface area contributed by atoms with Gasteiger partial charge in [-0.15, -0.1) is 11.3 Å². The molecular weight excluding hydrogens is 364 g/mol. The number of amides is 1. The SMILES string of the molecule is O=C(c1cnc(C2CCCO2)s1)N1CCC(C(=O)O)(c2ccccc2)CC1. The summed E-state index contributed by atoms with van der Waals surface area (Å²) < 4.78 is 5.64. The first-order valence-electron chi connectivity index (χ1n) is 9.26. The number of carboxylic acids is 1. The normalized spacial score (nSPS) is 21.9. The van der Waals surface area contributed by atoms with Crippen molar-refractivity contribution >= 4 is 23.2 Å². The van der Waals surface area contributed by atoms with Gasteiger partial charge in [0.05, 0.1) is 11.6 Å². The summed E-state index contributed by atoms with van der Waals surface area (Å²) in [6, 6.07) is 9.33. The lowest BCUT2D eigenvalue weighted by Gasteiger charge is -2.39. The van der Waals surface area contributed by atoms with Crippen molar-refractivity contribution in [2.24, 2.45) is 0 Å². The van der Waals surface area contributed by atoms with Gasteiger partial charge in [-0.05, 0) is 31.2 Å². The van der Waals surface area contributed by atoms with Crippen LogP contribution in [-0.4, -0.2) is 46.6 Å². The molecule has 7 heteroatoms. The number of benzene rings is 1. The largest absolute Gasteiger partial charge is 0.481 e. The highest BCUT2D eigenvalue weighted by Gasteiger charge is 2.44. The van der Waals surface area contributed by atoms with Crippen molar-refractivity contribution in [2.45, 2.75) is 37.2 Å². The van der Waals surface area contributed by atoms with E-state index in [1.165, 1.54) is 11.3 Å². The number of piperidine rings is 1. The summed E-state index contributed by atoms with van der Waals surface area (Å²) in [5.41, 5.74) is -0.114. The number of aliphatic carboxylic acids is 1. The topological polar surface area (TPSA) is 79.7 Å². The summed E-state index contributed by atoms with van der Waals surface area (Å²) in [7, 11) is 0. The van der Waals surface area contributed by atoms with E-state index in [4.69, 9.17) is 4.74 Å². The highest BCUT2D eigenvalue weighted by molar-refractivity contribution is 7.13. The van der Waals surface area contributed by atoms with E-state index in [2.05, 4.69) is 4.98 Å². The van der Waals surface area contributed by atoms with Crippen molar-refractivity contribution < 1.29 is 19.4 Å². The standard InChI is InChI=1S/C20H22N2O4S/c23-18(16-13-21-17(27-16)15-7-4-12-26-15)22-10-8-20(9-11-22,19(24)25)14-5-2-1-3-6-14/h1-3,5-6,13,15H,4,7-12H2,(H,24,25). The molecular formula is C20H22N2O4S. The minimum Gasteiger partial charge on any atom is -0.481 e. The molecule has 0 saturated carbocycles. The molecule has 1 aromatic heterocycles. The zero-order valence-corrected chi connectivity index (χ0v) is 15.8. The fourth-order valence-electron chi connectivity index (χ4n) is 3.94. The van der Waals surface area contributed by atoms with Gasteiger partial charge in [0.1, 0.15) is 16.0 Å². The molecule has 2 fully saturated rings. The van der Waals surface area contributed by atoms with Crippen LogP contribution in [0.15, 0.2) is 36.5 Å². The quantitative estimate of drug-likeness (QED) is 0.872. The predicted molar refractivity (Wildman–Crippen MR) is 101 cm³/mol. The van der Waals surface area contributed by atoms with E-state index in [1.807, 2.05) is 30.3 Å². The average Bonchev–Trinajstić information content (AvgIpc) is 3.39. The zero-order valence-electron chi connectivity index (χ0n) is 15.0. The maximum absolute atomic E-state index is 12.9. The third-order valence-corrected chi connectivity index (χ3v) is 6.66. The van der Waals surface area contributed by atoms with Gasteiger partial charge in [0.2, 0.25) is 0 Å². The van der Waals surface area contributed by atoms with Crippen LogP contribution in [0.4, 0.5) is 0 Å². The number of carbonyl (C=O) groups is 2. The number of carboxylic acid groups (broad SMARTS) is 1. The summed E-state index contributed by atoms with van der Waals surface area (Å²) in [6.45, 7) is 1.59. The van der Waals surface area contributed by atoms with Crippen molar-refractivity contribution in [2.75, 3.05) is 19.7 Å². The van der Waals surface area contributed by atoms with E-state index in [1.54, 1.807) is 11.1 Å². The Morgan fingerprint density at radius 1 is 1.22 bits per heavy atom. The molecule has 2 aliphatic heterocycles. The predicted octanol–water partition coefficient (Wildman–Crippen LogP) is 3.25. The zero-order chi connectivity index (χ0) is 18.9. The molecule has 0 bridgehead atoms. The molecule has 0 aliphatic carbocycles. The van der Waals surface area contributed by atoms with Gasteiger partial charge in [0.25, 0.3) is 5.91 Å². The van der Waals surface area contributed by atoms with E-state index in [-0.39, 0.29) is 12.0 Å². The Kier molecular flexibility index (Phi) is 4.97. The van der Waals surface area contributed by atoms with Gasteiger partial charge < -0.3 is 14.7 Å². The number of carbonyl (C=O) groups excluding carboxylic acids is 1. The maximum Gasteiger partial charge on any atom is 0.314 e. The van der Waals surface area contributed by atoms with Crippen LogP contribution >= 0.6 is 11.3 Å². The summed E-state index contributed by atoms with van der Waals surface area (Å²) in [4.78, 5) is 31.6. The monoisotopic (exact) mass is 386 g/mol. The Balaban J connectivity index is 1.47. The summed E-state index contributed by atoms with van der Waals surface area (Å²) in [5, 5.41) is 10.7. The lowest BCUT2D eigenvalue weighted by atomic mass is 9.73. The third kappa shape index (κ3) is 3.37. The second kappa shape index (κ2) is 7.40. The smallest absolute Gasteiger partial charge is 0.314 e. The summed E-state index contributed by atoms with van der Waals surface area (Å²) in [5.74, 6) is -0.886. The second-order valence-corrected chi connectivity index (χ2v) is 8.17. The average molecular weight is 386 g/mol. The first-order valence-corrected chi connectivity index (χ1v) is 10.1. The Bertz CT molecular complexity index is 822. The maximum atomic E-state index is 12.9. The van der Waals surface area contributed by atoms with E-state index >= 15 is 0 Å².